The van der Waals surface area contributed by atoms with Crippen LogP contribution in [-0.4, -0.2) is 28.6 Å². The van der Waals surface area contributed by atoms with E-state index in [9.17, 15) is 9.59 Å². The van der Waals surface area contributed by atoms with Gasteiger partial charge in [-0.1, -0.05) is 42.5 Å². The van der Waals surface area contributed by atoms with Crippen LogP contribution in [0.2, 0.25) is 0 Å². The van der Waals surface area contributed by atoms with E-state index in [0.29, 0.717) is 23.6 Å². The number of nitrogens with one attached hydrogen (secondary N) is 3. The van der Waals surface area contributed by atoms with Gasteiger partial charge in [-0.3, -0.25) is 25.5 Å². The van der Waals surface area contributed by atoms with Gasteiger partial charge in [0.05, 0.1) is 17.9 Å². The Morgan fingerprint density at radius 3 is 2.46 bits per heavy atom. The minimum absolute atomic E-state index is 0.238. The minimum atomic E-state index is -0.498. The number of nitrogens with zero attached hydrogens (tertiary/aromatic N) is 1. The van der Waals surface area contributed by atoms with Gasteiger partial charge >= 0.3 is 0 Å². The molecule has 3 N–H and O–H groups in total. The van der Waals surface area contributed by atoms with Gasteiger partial charge < -0.3 is 4.74 Å². The van der Waals surface area contributed by atoms with Gasteiger partial charge in [0.25, 0.3) is 11.8 Å². The Bertz CT molecular complexity index is 906. The first-order valence-electron chi connectivity index (χ1n) is 8.12. The van der Waals surface area contributed by atoms with E-state index in [2.05, 4.69) is 21.0 Å². The zero-order valence-corrected chi connectivity index (χ0v) is 14.2. The molecule has 0 bridgehead atoms. The van der Waals surface area contributed by atoms with Gasteiger partial charge in [-0.25, -0.2) is 0 Å². The first-order chi connectivity index (χ1) is 12.7. The summed E-state index contributed by atoms with van der Waals surface area (Å²) in [4.78, 5) is 24.5. The molecule has 7 nitrogen and oxygen atoms in total. The van der Waals surface area contributed by atoms with Crippen molar-refractivity contribution in [2.24, 2.45) is 0 Å². The lowest BCUT2D eigenvalue weighted by molar-refractivity contribution is 0.0841. The molecule has 3 aromatic rings. The fourth-order valence-corrected chi connectivity index (χ4v) is 2.38. The van der Waals surface area contributed by atoms with E-state index in [4.69, 9.17) is 4.74 Å². The Labute approximate surface area is 150 Å². The predicted molar refractivity (Wildman–Crippen MR) is 96.6 cm³/mol. The van der Waals surface area contributed by atoms with E-state index in [1.165, 1.54) is 0 Å². The maximum Gasteiger partial charge on any atom is 0.287 e. The zero-order valence-electron chi connectivity index (χ0n) is 14.2. The van der Waals surface area contributed by atoms with E-state index in [1.807, 2.05) is 37.3 Å². The summed E-state index contributed by atoms with van der Waals surface area (Å²) in [6.45, 7) is 2.27. The zero-order chi connectivity index (χ0) is 18.4. The molecule has 0 saturated carbocycles. The lowest BCUT2D eigenvalue weighted by Gasteiger charge is -2.10. The van der Waals surface area contributed by atoms with Gasteiger partial charge in [0.2, 0.25) is 0 Å². The summed E-state index contributed by atoms with van der Waals surface area (Å²) in [5, 5.41) is 6.77. The van der Waals surface area contributed by atoms with Crippen molar-refractivity contribution in [3.8, 4) is 17.0 Å². The number of aromatic amines is 1. The van der Waals surface area contributed by atoms with Crippen molar-refractivity contribution in [1.82, 2.24) is 21.0 Å². The Morgan fingerprint density at radius 1 is 1.00 bits per heavy atom. The summed E-state index contributed by atoms with van der Waals surface area (Å²) in [5.74, 6) is -0.512. The molecule has 132 valence electrons. The summed E-state index contributed by atoms with van der Waals surface area (Å²) >= 11 is 0. The number of para-hydroxylation sites is 1. The number of ether oxygens (including phenoxy) is 1. The Kier molecular flexibility index (Phi) is 5.28. The number of aromatic nitrogens is 2. The quantitative estimate of drug-likeness (QED) is 0.616. The standard InChI is InChI=1S/C19H18N4O3/c1-2-26-17-11-7-6-10-14(17)18(24)22-23-19(25)16-12-15(20-21-16)13-8-4-3-5-9-13/h3-12H,2H2,1H3,(H,20,21)(H,22,24)(H,23,25). The molecular weight excluding hydrogens is 332 g/mol. The van der Waals surface area contributed by atoms with Crippen LogP contribution < -0.4 is 15.6 Å². The normalized spacial score (nSPS) is 10.2. The molecule has 2 aromatic carbocycles. The van der Waals surface area contributed by atoms with Crippen molar-refractivity contribution in [3.05, 3.63) is 71.9 Å². The van der Waals surface area contributed by atoms with Crippen LogP contribution in [0.15, 0.2) is 60.7 Å². The van der Waals surface area contributed by atoms with Crippen LogP contribution in [0.1, 0.15) is 27.8 Å². The molecule has 2 amide bonds. The second-order valence-corrected chi connectivity index (χ2v) is 5.37. The topological polar surface area (TPSA) is 96.1 Å². The van der Waals surface area contributed by atoms with Gasteiger partial charge in [-0.2, -0.15) is 5.10 Å². The number of H-pyrrole nitrogens is 1. The predicted octanol–water partition coefficient (Wildman–Crippen LogP) is 2.55. The van der Waals surface area contributed by atoms with Crippen molar-refractivity contribution in [2.75, 3.05) is 6.61 Å². The average molecular weight is 350 g/mol. The van der Waals surface area contributed by atoms with Crippen LogP contribution in [0.4, 0.5) is 0 Å². The summed E-state index contributed by atoms with van der Waals surface area (Å²) in [6.07, 6.45) is 0. The van der Waals surface area contributed by atoms with E-state index >= 15 is 0 Å². The molecule has 1 aromatic heterocycles. The molecule has 0 aliphatic rings. The highest BCUT2D eigenvalue weighted by Gasteiger charge is 2.15. The van der Waals surface area contributed by atoms with E-state index in [0.717, 1.165) is 5.56 Å². The van der Waals surface area contributed by atoms with E-state index in [-0.39, 0.29) is 5.69 Å². The molecule has 0 aliphatic carbocycles. The summed E-state index contributed by atoms with van der Waals surface area (Å²) in [5.41, 5.74) is 6.85. The van der Waals surface area contributed by atoms with Gasteiger partial charge in [-0.15, -0.1) is 0 Å². The summed E-state index contributed by atoms with van der Waals surface area (Å²) < 4.78 is 5.41. The molecule has 0 aliphatic heterocycles. The number of benzene rings is 2. The monoisotopic (exact) mass is 350 g/mol. The molecule has 7 heteroatoms. The highest BCUT2D eigenvalue weighted by molar-refractivity contribution is 6.00. The Balaban J connectivity index is 1.64. The van der Waals surface area contributed by atoms with E-state index < -0.39 is 11.8 Å². The van der Waals surface area contributed by atoms with E-state index in [1.54, 1.807) is 30.3 Å². The molecule has 0 atom stereocenters. The molecular formula is C19H18N4O3. The van der Waals surface area contributed by atoms with Crippen molar-refractivity contribution in [2.45, 2.75) is 6.92 Å². The summed E-state index contributed by atoms with van der Waals surface area (Å²) in [6, 6.07) is 17.9. The number of carbonyl (C=O) groups excluding carboxylic acids is 2. The third-order valence-electron chi connectivity index (χ3n) is 3.61. The fraction of sp³-hybridized carbons (Fsp3) is 0.105. The SMILES string of the molecule is CCOc1ccccc1C(=O)NNC(=O)c1cc(-c2ccccc2)n[nH]1. The van der Waals surface area contributed by atoms with Gasteiger partial charge in [0.1, 0.15) is 11.4 Å². The van der Waals surface area contributed by atoms with Crippen LogP contribution >= 0.6 is 0 Å². The van der Waals surface area contributed by atoms with Crippen molar-refractivity contribution in [1.29, 1.82) is 0 Å². The first kappa shape index (κ1) is 17.2. The number of hydrogen-bond donors (Lipinski definition) is 3. The third kappa shape index (κ3) is 3.89. The van der Waals surface area contributed by atoms with Crippen LogP contribution in [0.3, 0.4) is 0 Å². The maximum atomic E-state index is 12.3. The molecule has 0 fully saturated rings. The van der Waals surface area contributed by atoms with Crippen molar-refractivity contribution >= 4 is 11.8 Å². The summed E-state index contributed by atoms with van der Waals surface area (Å²) in [7, 11) is 0. The largest absolute Gasteiger partial charge is 0.493 e. The third-order valence-corrected chi connectivity index (χ3v) is 3.61. The lowest BCUT2D eigenvalue weighted by Crippen LogP contribution is -2.41. The number of hydrazine groups is 1. The van der Waals surface area contributed by atoms with Crippen molar-refractivity contribution < 1.29 is 14.3 Å². The lowest BCUT2D eigenvalue weighted by atomic mass is 10.1. The van der Waals surface area contributed by atoms with Gasteiger partial charge in [-0.05, 0) is 25.1 Å². The molecule has 0 radical (unpaired) electrons. The van der Waals surface area contributed by atoms with Crippen LogP contribution in [0.5, 0.6) is 5.75 Å². The smallest absolute Gasteiger partial charge is 0.287 e. The highest BCUT2D eigenvalue weighted by atomic mass is 16.5. The maximum absolute atomic E-state index is 12.3. The molecule has 0 saturated heterocycles. The van der Waals surface area contributed by atoms with Crippen LogP contribution in [0, 0.1) is 0 Å². The Morgan fingerprint density at radius 2 is 1.69 bits per heavy atom. The molecule has 3 rings (SSSR count). The van der Waals surface area contributed by atoms with Gasteiger partial charge in [0.15, 0.2) is 0 Å². The first-order valence-corrected chi connectivity index (χ1v) is 8.12. The molecule has 1 heterocycles. The highest BCUT2D eigenvalue weighted by Crippen LogP contribution is 2.18. The second kappa shape index (κ2) is 7.98. The van der Waals surface area contributed by atoms with Gasteiger partial charge in [0, 0.05) is 5.56 Å². The number of carbonyl (C=O) groups is 2. The minimum Gasteiger partial charge on any atom is -0.493 e. The number of hydrogen-bond acceptors (Lipinski definition) is 4. The molecule has 26 heavy (non-hydrogen) atoms. The van der Waals surface area contributed by atoms with Crippen molar-refractivity contribution in [3.63, 3.8) is 0 Å². The molecule has 0 spiro atoms. The second-order valence-electron chi connectivity index (χ2n) is 5.37. The van der Waals surface area contributed by atoms with Crippen LogP contribution in [0.25, 0.3) is 11.3 Å². The average Bonchev–Trinajstić information content (AvgIpc) is 3.17. The molecule has 0 unspecified atom stereocenters. The number of amides is 2. The fourth-order valence-electron chi connectivity index (χ4n) is 2.38. The number of rotatable bonds is 5. The van der Waals surface area contributed by atoms with Crippen LogP contribution in [-0.2, 0) is 0 Å². The Hall–Kier alpha value is -3.61.